The lowest BCUT2D eigenvalue weighted by Gasteiger charge is -2.34. The maximum Gasteiger partial charge on any atom is 0.0107 e. The van der Waals surface area contributed by atoms with E-state index in [1.54, 1.807) is 0 Å². The molecular weight excluding hydrogens is 184 g/mol. The Morgan fingerprint density at radius 2 is 1.93 bits per heavy atom. The average Bonchev–Trinajstić information content (AvgIpc) is 2.31. The molecule has 1 aliphatic carbocycles. The number of hydrogen-bond donors (Lipinski definition) is 1. The van der Waals surface area contributed by atoms with Crippen LogP contribution < -0.4 is 5.32 Å². The van der Waals surface area contributed by atoms with Crippen molar-refractivity contribution in [2.24, 2.45) is 0 Å². The zero-order valence-electron chi connectivity index (χ0n) is 9.91. The number of likely N-dealkylation sites (tertiary alicyclic amines) is 1. The van der Waals surface area contributed by atoms with Gasteiger partial charge in [0, 0.05) is 12.1 Å². The molecule has 2 nitrogen and oxygen atoms in total. The highest BCUT2D eigenvalue weighted by Gasteiger charge is 2.20. The second kappa shape index (κ2) is 5.66. The van der Waals surface area contributed by atoms with E-state index < -0.39 is 0 Å². The van der Waals surface area contributed by atoms with Gasteiger partial charge in [-0.05, 0) is 51.7 Å². The first-order chi connectivity index (χ1) is 7.38. The van der Waals surface area contributed by atoms with E-state index >= 15 is 0 Å². The molecule has 2 rings (SSSR count). The van der Waals surface area contributed by atoms with Crippen LogP contribution in [0, 0.1) is 0 Å². The molecule has 0 spiro atoms. The van der Waals surface area contributed by atoms with Crippen LogP contribution in [0.25, 0.3) is 0 Å². The molecule has 0 radical (unpaired) electrons. The molecule has 1 N–H and O–H groups in total. The molecule has 0 saturated carbocycles. The molecule has 0 aromatic carbocycles. The molecule has 0 aromatic rings. The molecule has 1 heterocycles. The highest BCUT2D eigenvalue weighted by Crippen LogP contribution is 2.15. The molecule has 1 fully saturated rings. The van der Waals surface area contributed by atoms with E-state index in [1.807, 2.05) is 0 Å². The first kappa shape index (κ1) is 11.2. The van der Waals surface area contributed by atoms with E-state index in [0.717, 1.165) is 12.1 Å². The molecular formula is C13H24N2. The lowest BCUT2D eigenvalue weighted by Crippen LogP contribution is -2.46. The summed E-state index contributed by atoms with van der Waals surface area (Å²) < 4.78 is 0. The number of hydrogen-bond acceptors (Lipinski definition) is 2. The Balaban J connectivity index is 1.69. The lowest BCUT2D eigenvalue weighted by molar-refractivity contribution is 0.197. The lowest BCUT2D eigenvalue weighted by atomic mass is 9.98. The summed E-state index contributed by atoms with van der Waals surface area (Å²) in [4.78, 5) is 2.55. The standard InChI is InChI=1S/C13H24N2/c1-2-15-10-8-13(9-11-15)14-12-6-4-3-5-7-12/h3-4,12-14H,2,5-11H2,1H3. The summed E-state index contributed by atoms with van der Waals surface area (Å²) in [5, 5.41) is 3.82. The van der Waals surface area contributed by atoms with Crippen LogP contribution in [-0.2, 0) is 0 Å². The van der Waals surface area contributed by atoms with Crippen molar-refractivity contribution in [1.82, 2.24) is 10.2 Å². The second-order valence-corrected chi connectivity index (χ2v) is 4.86. The van der Waals surface area contributed by atoms with Crippen molar-refractivity contribution in [3.63, 3.8) is 0 Å². The van der Waals surface area contributed by atoms with Crippen LogP contribution in [0.3, 0.4) is 0 Å². The zero-order chi connectivity index (χ0) is 10.5. The molecule has 1 unspecified atom stereocenters. The fourth-order valence-corrected chi connectivity index (χ4v) is 2.69. The summed E-state index contributed by atoms with van der Waals surface area (Å²) in [5.74, 6) is 0. The molecule has 15 heavy (non-hydrogen) atoms. The van der Waals surface area contributed by atoms with Gasteiger partial charge in [-0.15, -0.1) is 0 Å². The molecule has 1 aliphatic heterocycles. The largest absolute Gasteiger partial charge is 0.311 e. The van der Waals surface area contributed by atoms with Gasteiger partial charge in [0.25, 0.3) is 0 Å². The second-order valence-electron chi connectivity index (χ2n) is 4.86. The van der Waals surface area contributed by atoms with Gasteiger partial charge in [0.05, 0.1) is 0 Å². The third-order valence-corrected chi connectivity index (χ3v) is 3.78. The van der Waals surface area contributed by atoms with Crippen LogP contribution in [0.15, 0.2) is 12.2 Å². The van der Waals surface area contributed by atoms with Gasteiger partial charge >= 0.3 is 0 Å². The van der Waals surface area contributed by atoms with Crippen LogP contribution in [0.2, 0.25) is 0 Å². The summed E-state index contributed by atoms with van der Waals surface area (Å²) in [6, 6.07) is 1.54. The van der Waals surface area contributed by atoms with Crippen molar-refractivity contribution >= 4 is 0 Å². The van der Waals surface area contributed by atoms with Crippen LogP contribution in [0.4, 0.5) is 0 Å². The Kier molecular flexibility index (Phi) is 4.21. The Hall–Kier alpha value is -0.340. The quantitative estimate of drug-likeness (QED) is 0.715. The van der Waals surface area contributed by atoms with Crippen LogP contribution in [-0.4, -0.2) is 36.6 Å². The van der Waals surface area contributed by atoms with E-state index in [9.17, 15) is 0 Å². The third kappa shape index (κ3) is 3.32. The van der Waals surface area contributed by atoms with Crippen LogP contribution >= 0.6 is 0 Å². The van der Waals surface area contributed by atoms with Crippen molar-refractivity contribution < 1.29 is 0 Å². The topological polar surface area (TPSA) is 15.3 Å². The van der Waals surface area contributed by atoms with Crippen molar-refractivity contribution in [3.8, 4) is 0 Å². The van der Waals surface area contributed by atoms with E-state index in [1.165, 1.54) is 51.7 Å². The van der Waals surface area contributed by atoms with Gasteiger partial charge in [-0.2, -0.15) is 0 Å². The average molecular weight is 208 g/mol. The normalized spacial score (nSPS) is 29.5. The van der Waals surface area contributed by atoms with Crippen molar-refractivity contribution in [2.75, 3.05) is 19.6 Å². The van der Waals surface area contributed by atoms with Crippen molar-refractivity contribution in [2.45, 2.75) is 51.1 Å². The van der Waals surface area contributed by atoms with Gasteiger partial charge in [-0.1, -0.05) is 19.1 Å². The van der Waals surface area contributed by atoms with Gasteiger partial charge in [-0.3, -0.25) is 0 Å². The smallest absolute Gasteiger partial charge is 0.0107 e. The Morgan fingerprint density at radius 1 is 1.13 bits per heavy atom. The van der Waals surface area contributed by atoms with Gasteiger partial charge in [0.15, 0.2) is 0 Å². The Bertz CT molecular complexity index is 205. The first-order valence-electron chi connectivity index (χ1n) is 6.52. The van der Waals surface area contributed by atoms with E-state index in [-0.39, 0.29) is 0 Å². The highest BCUT2D eigenvalue weighted by atomic mass is 15.1. The van der Waals surface area contributed by atoms with Gasteiger partial charge < -0.3 is 10.2 Å². The van der Waals surface area contributed by atoms with Crippen LogP contribution in [0.5, 0.6) is 0 Å². The minimum Gasteiger partial charge on any atom is -0.311 e. The summed E-state index contributed by atoms with van der Waals surface area (Å²) in [6.45, 7) is 6.06. The minimum atomic E-state index is 0.758. The van der Waals surface area contributed by atoms with Crippen molar-refractivity contribution in [3.05, 3.63) is 12.2 Å². The molecule has 1 atom stereocenters. The Labute approximate surface area is 93.7 Å². The predicted octanol–water partition coefficient (Wildman–Crippen LogP) is 2.17. The summed E-state index contributed by atoms with van der Waals surface area (Å²) >= 11 is 0. The third-order valence-electron chi connectivity index (χ3n) is 3.78. The fraction of sp³-hybridized carbons (Fsp3) is 0.846. The molecule has 0 aromatic heterocycles. The number of allylic oxidation sites excluding steroid dienone is 1. The number of nitrogens with one attached hydrogen (secondary N) is 1. The van der Waals surface area contributed by atoms with E-state index in [0.29, 0.717) is 0 Å². The molecule has 86 valence electrons. The van der Waals surface area contributed by atoms with Gasteiger partial charge in [0.2, 0.25) is 0 Å². The Morgan fingerprint density at radius 3 is 2.53 bits per heavy atom. The van der Waals surface area contributed by atoms with E-state index in [2.05, 4.69) is 29.3 Å². The fourth-order valence-electron chi connectivity index (χ4n) is 2.69. The predicted molar refractivity (Wildman–Crippen MR) is 65.1 cm³/mol. The summed E-state index contributed by atoms with van der Waals surface area (Å²) in [5.41, 5.74) is 0. The summed E-state index contributed by atoms with van der Waals surface area (Å²) in [6.07, 6.45) is 11.2. The number of nitrogens with zero attached hydrogens (tertiary/aromatic N) is 1. The minimum absolute atomic E-state index is 0.758. The maximum absolute atomic E-state index is 3.82. The monoisotopic (exact) mass is 208 g/mol. The highest BCUT2D eigenvalue weighted by molar-refractivity contribution is 4.94. The molecule has 2 heteroatoms. The molecule has 1 saturated heterocycles. The van der Waals surface area contributed by atoms with E-state index in [4.69, 9.17) is 0 Å². The van der Waals surface area contributed by atoms with Crippen LogP contribution in [0.1, 0.15) is 39.0 Å². The van der Waals surface area contributed by atoms with Gasteiger partial charge in [0.1, 0.15) is 0 Å². The molecule has 0 amide bonds. The SMILES string of the molecule is CCN1CCC(NC2CC=CCC2)CC1. The molecule has 2 aliphatic rings. The zero-order valence-corrected chi connectivity index (χ0v) is 9.91. The summed E-state index contributed by atoms with van der Waals surface area (Å²) in [7, 11) is 0. The first-order valence-corrected chi connectivity index (χ1v) is 6.52. The maximum atomic E-state index is 3.82. The van der Waals surface area contributed by atoms with Crippen molar-refractivity contribution in [1.29, 1.82) is 0 Å². The molecule has 0 bridgehead atoms. The number of piperidine rings is 1. The van der Waals surface area contributed by atoms with Gasteiger partial charge in [-0.25, -0.2) is 0 Å². The number of rotatable bonds is 3.